The Balaban J connectivity index is 1.85. The lowest BCUT2D eigenvalue weighted by Crippen LogP contribution is -2.57. The van der Waals surface area contributed by atoms with Gasteiger partial charge in [-0.2, -0.15) is 0 Å². The van der Waals surface area contributed by atoms with E-state index in [0.29, 0.717) is 6.04 Å². The van der Waals surface area contributed by atoms with Gasteiger partial charge in [-0.1, -0.05) is 13.8 Å². The van der Waals surface area contributed by atoms with Gasteiger partial charge in [0.15, 0.2) is 0 Å². The molecule has 2 fully saturated rings. The number of likely N-dealkylation sites (tertiary alicyclic amines) is 1. The van der Waals surface area contributed by atoms with E-state index < -0.39 is 0 Å². The molecule has 0 spiro atoms. The van der Waals surface area contributed by atoms with Crippen molar-refractivity contribution in [3.8, 4) is 0 Å². The van der Waals surface area contributed by atoms with E-state index in [4.69, 9.17) is 0 Å². The van der Waals surface area contributed by atoms with E-state index in [-0.39, 0.29) is 0 Å². The van der Waals surface area contributed by atoms with E-state index in [1.54, 1.807) is 0 Å². The first-order chi connectivity index (χ1) is 9.13. The molecule has 2 aliphatic rings. The molecule has 0 aliphatic carbocycles. The summed E-state index contributed by atoms with van der Waals surface area (Å²) in [6, 6.07) is 2.19. The second-order valence-electron chi connectivity index (χ2n) is 6.77. The summed E-state index contributed by atoms with van der Waals surface area (Å²) in [4.78, 5) is 5.42. The Morgan fingerprint density at radius 2 is 1.95 bits per heavy atom. The molecule has 0 saturated carbocycles. The standard InChI is InChI=1S/C16H33N3/c1-5-15-12-19(16(6-2)9-17-15)11-14-7-8-18(10-14)13(3)4/h13-17H,5-12H2,1-4H3. The predicted octanol–water partition coefficient (Wildman–Crippen LogP) is 2.18. The van der Waals surface area contributed by atoms with Crippen molar-refractivity contribution in [3.63, 3.8) is 0 Å². The Morgan fingerprint density at radius 3 is 2.53 bits per heavy atom. The van der Waals surface area contributed by atoms with Gasteiger partial charge in [0.05, 0.1) is 0 Å². The maximum absolute atomic E-state index is 3.70. The third kappa shape index (κ3) is 3.93. The van der Waals surface area contributed by atoms with E-state index in [0.717, 1.165) is 18.0 Å². The number of rotatable bonds is 5. The number of nitrogens with zero attached hydrogens (tertiary/aromatic N) is 2. The summed E-state index contributed by atoms with van der Waals surface area (Å²) in [6.07, 6.45) is 3.94. The summed E-state index contributed by atoms with van der Waals surface area (Å²) in [5, 5.41) is 3.70. The number of nitrogens with one attached hydrogen (secondary N) is 1. The summed E-state index contributed by atoms with van der Waals surface area (Å²) >= 11 is 0. The third-order valence-corrected chi connectivity index (χ3v) is 5.12. The summed E-state index contributed by atoms with van der Waals surface area (Å²) in [5.41, 5.74) is 0. The topological polar surface area (TPSA) is 18.5 Å². The van der Waals surface area contributed by atoms with Crippen LogP contribution in [0.4, 0.5) is 0 Å². The molecule has 3 unspecified atom stereocenters. The van der Waals surface area contributed by atoms with Crippen molar-refractivity contribution in [3.05, 3.63) is 0 Å². The van der Waals surface area contributed by atoms with Crippen molar-refractivity contribution in [1.82, 2.24) is 15.1 Å². The van der Waals surface area contributed by atoms with Crippen molar-refractivity contribution in [2.24, 2.45) is 5.92 Å². The lowest BCUT2D eigenvalue weighted by molar-refractivity contribution is 0.105. The first kappa shape index (κ1) is 15.3. The van der Waals surface area contributed by atoms with Crippen molar-refractivity contribution in [1.29, 1.82) is 0 Å². The third-order valence-electron chi connectivity index (χ3n) is 5.12. The maximum Gasteiger partial charge on any atom is 0.0218 e. The molecule has 2 heterocycles. The molecule has 0 bridgehead atoms. The van der Waals surface area contributed by atoms with Crippen LogP contribution in [0.1, 0.15) is 47.0 Å². The molecule has 2 saturated heterocycles. The van der Waals surface area contributed by atoms with Crippen LogP contribution in [-0.2, 0) is 0 Å². The van der Waals surface area contributed by atoms with Gasteiger partial charge in [-0.15, -0.1) is 0 Å². The molecule has 3 atom stereocenters. The van der Waals surface area contributed by atoms with Crippen LogP contribution in [-0.4, -0.2) is 60.6 Å². The first-order valence-electron chi connectivity index (χ1n) is 8.35. The monoisotopic (exact) mass is 267 g/mol. The highest BCUT2D eigenvalue weighted by Crippen LogP contribution is 2.22. The van der Waals surface area contributed by atoms with E-state index in [1.807, 2.05) is 0 Å². The van der Waals surface area contributed by atoms with Gasteiger partial charge in [-0.3, -0.25) is 4.90 Å². The fourth-order valence-electron chi connectivity index (χ4n) is 3.64. The molecule has 0 aromatic carbocycles. The molecule has 0 radical (unpaired) electrons. The van der Waals surface area contributed by atoms with Crippen LogP contribution in [0.25, 0.3) is 0 Å². The van der Waals surface area contributed by atoms with Crippen molar-refractivity contribution >= 4 is 0 Å². The molecule has 2 rings (SSSR count). The fourth-order valence-corrected chi connectivity index (χ4v) is 3.64. The fraction of sp³-hybridized carbons (Fsp3) is 1.00. The average Bonchev–Trinajstić information content (AvgIpc) is 2.87. The molecule has 0 amide bonds. The van der Waals surface area contributed by atoms with Gasteiger partial charge in [-0.25, -0.2) is 0 Å². The van der Waals surface area contributed by atoms with Crippen LogP contribution >= 0.6 is 0 Å². The zero-order chi connectivity index (χ0) is 13.8. The lowest BCUT2D eigenvalue weighted by Gasteiger charge is -2.41. The highest BCUT2D eigenvalue weighted by molar-refractivity contribution is 4.88. The number of hydrogen-bond acceptors (Lipinski definition) is 3. The van der Waals surface area contributed by atoms with Crippen molar-refractivity contribution in [2.45, 2.75) is 65.1 Å². The number of hydrogen-bond donors (Lipinski definition) is 1. The van der Waals surface area contributed by atoms with E-state index in [2.05, 4.69) is 42.8 Å². The Morgan fingerprint density at radius 1 is 1.16 bits per heavy atom. The Hall–Kier alpha value is -0.120. The second kappa shape index (κ2) is 7.05. The van der Waals surface area contributed by atoms with Gasteiger partial charge >= 0.3 is 0 Å². The highest BCUT2D eigenvalue weighted by Gasteiger charge is 2.31. The van der Waals surface area contributed by atoms with E-state index >= 15 is 0 Å². The first-order valence-corrected chi connectivity index (χ1v) is 8.35. The molecular formula is C16H33N3. The van der Waals surface area contributed by atoms with Crippen molar-refractivity contribution in [2.75, 3.05) is 32.7 Å². The summed E-state index contributed by atoms with van der Waals surface area (Å²) in [5.74, 6) is 0.895. The Labute approximate surface area is 119 Å². The molecule has 19 heavy (non-hydrogen) atoms. The minimum atomic E-state index is 0.713. The summed E-state index contributed by atoms with van der Waals surface area (Å²) in [6.45, 7) is 15.7. The Bertz CT molecular complexity index is 267. The molecule has 3 heteroatoms. The van der Waals surface area contributed by atoms with Gasteiger partial charge < -0.3 is 10.2 Å². The minimum absolute atomic E-state index is 0.713. The molecule has 2 aliphatic heterocycles. The molecular weight excluding hydrogens is 234 g/mol. The van der Waals surface area contributed by atoms with Crippen LogP contribution < -0.4 is 5.32 Å². The van der Waals surface area contributed by atoms with Crippen LogP contribution in [0.5, 0.6) is 0 Å². The number of piperazine rings is 1. The van der Waals surface area contributed by atoms with Crippen LogP contribution in [0, 0.1) is 5.92 Å². The largest absolute Gasteiger partial charge is 0.311 e. The average molecular weight is 267 g/mol. The highest BCUT2D eigenvalue weighted by atomic mass is 15.2. The van der Waals surface area contributed by atoms with Crippen LogP contribution in [0.15, 0.2) is 0 Å². The van der Waals surface area contributed by atoms with E-state index in [1.165, 1.54) is 52.0 Å². The SMILES string of the molecule is CCC1CN(CC2CCN(C(C)C)C2)C(CC)CN1. The quantitative estimate of drug-likeness (QED) is 0.824. The molecule has 112 valence electrons. The lowest BCUT2D eigenvalue weighted by atomic mass is 10.0. The second-order valence-corrected chi connectivity index (χ2v) is 6.77. The van der Waals surface area contributed by atoms with Gasteiger partial charge in [-0.05, 0) is 45.6 Å². The minimum Gasteiger partial charge on any atom is -0.311 e. The summed E-state index contributed by atoms with van der Waals surface area (Å²) < 4.78 is 0. The van der Waals surface area contributed by atoms with E-state index in [9.17, 15) is 0 Å². The van der Waals surface area contributed by atoms with Crippen LogP contribution in [0.3, 0.4) is 0 Å². The molecule has 1 N–H and O–H groups in total. The van der Waals surface area contributed by atoms with Gasteiger partial charge in [0.2, 0.25) is 0 Å². The van der Waals surface area contributed by atoms with Gasteiger partial charge in [0, 0.05) is 44.3 Å². The van der Waals surface area contributed by atoms with Crippen molar-refractivity contribution < 1.29 is 0 Å². The predicted molar refractivity (Wildman–Crippen MR) is 82.5 cm³/mol. The summed E-state index contributed by atoms with van der Waals surface area (Å²) in [7, 11) is 0. The molecule has 0 aromatic heterocycles. The molecule has 3 nitrogen and oxygen atoms in total. The molecule has 0 aromatic rings. The maximum atomic E-state index is 3.70. The smallest absolute Gasteiger partial charge is 0.0218 e. The van der Waals surface area contributed by atoms with Crippen LogP contribution in [0.2, 0.25) is 0 Å². The van der Waals surface area contributed by atoms with Gasteiger partial charge in [0.1, 0.15) is 0 Å². The Kier molecular flexibility index (Phi) is 5.67. The van der Waals surface area contributed by atoms with Gasteiger partial charge in [0.25, 0.3) is 0 Å². The zero-order valence-electron chi connectivity index (χ0n) is 13.4. The normalized spacial score (nSPS) is 34.3. The zero-order valence-corrected chi connectivity index (χ0v) is 13.4.